The Kier molecular flexibility index (Phi) is 10.2. The van der Waals surface area contributed by atoms with Crippen molar-refractivity contribution >= 4 is 27.6 Å². The maximum absolute atomic E-state index is 11.1. The highest BCUT2D eigenvalue weighted by Crippen LogP contribution is 2.17. The van der Waals surface area contributed by atoms with Gasteiger partial charge in [-0.2, -0.15) is 10.5 Å². The van der Waals surface area contributed by atoms with E-state index in [2.05, 4.69) is 37.7 Å². The number of H-pyrrole nitrogens is 1. The molecule has 0 atom stereocenters. The lowest BCUT2D eigenvalue weighted by atomic mass is 10.1. The van der Waals surface area contributed by atoms with Crippen LogP contribution in [0.25, 0.3) is 11.3 Å². The molecule has 0 aliphatic carbocycles. The molecular weight excluding hydrogens is 446 g/mol. The number of amides is 1. The third-order valence-corrected chi connectivity index (χ3v) is 3.99. The number of hydrogen-bond donors (Lipinski definition) is 2. The van der Waals surface area contributed by atoms with Crippen molar-refractivity contribution in [1.82, 2.24) is 9.97 Å². The fraction of sp³-hybridized carbons (Fsp3) is 0.136. The summed E-state index contributed by atoms with van der Waals surface area (Å²) in [5.74, 6) is 0.587. The number of carbonyl (C=O) groups is 2. The van der Waals surface area contributed by atoms with Crippen molar-refractivity contribution in [3.05, 3.63) is 77.2 Å². The summed E-state index contributed by atoms with van der Waals surface area (Å²) in [7, 11) is 0. The van der Waals surface area contributed by atoms with Crippen molar-refractivity contribution in [2.24, 2.45) is 5.73 Å². The Hall–Kier alpha value is -3.75. The van der Waals surface area contributed by atoms with Gasteiger partial charge in [-0.05, 0) is 36.8 Å². The summed E-state index contributed by atoms with van der Waals surface area (Å²) in [5, 5.41) is 17.4. The van der Waals surface area contributed by atoms with E-state index in [0.717, 1.165) is 17.1 Å². The number of nitrogens with one attached hydrogen (secondary N) is 1. The predicted molar refractivity (Wildman–Crippen MR) is 118 cm³/mol. The van der Waals surface area contributed by atoms with Crippen LogP contribution in [0.2, 0.25) is 0 Å². The molecule has 0 aliphatic heterocycles. The number of aromatic nitrogens is 2. The summed E-state index contributed by atoms with van der Waals surface area (Å²) in [6.45, 7) is 3.22. The van der Waals surface area contributed by atoms with Gasteiger partial charge in [0.2, 0.25) is 5.91 Å². The normalized spacial score (nSPS) is 8.97. The zero-order valence-electron chi connectivity index (χ0n) is 16.5. The van der Waals surface area contributed by atoms with Gasteiger partial charge in [-0.15, -0.1) is 0 Å². The second kappa shape index (κ2) is 12.7. The van der Waals surface area contributed by atoms with Crippen molar-refractivity contribution in [2.75, 3.05) is 5.33 Å². The van der Waals surface area contributed by atoms with Gasteiger partial charge in [0.25, 0.3) is 0 Å². The molecule has 30 heavy (non-hydrogen) atoms. The van der Waals surface area contributed by atoms with Crippen LogP contribution in [0.5, 0.6) is 0 Å². The van der Waals surface area contributed by atoms with Crippen LogP contribution in [0.3, 0.4) is 0 Å². The lowest BCUT2D eigenvalue weighted by molar-refractivity contribution is -0.115. The van der Waals surface area contributed by atoms with Crippen LogP contribution < -0.4 is 5.73 Å². The topological polar surface area (TPSA) is 136 Å². The smallest absolute Gasteiger partial charge is 0.214 e. The van der Waals surface area contributed by atoms with Crippen LogP contribution >= 0.6 is 15.9 Å². The second-order valence-electron chi connectivity index (χ2n) is 5.93. The maximum atomic E-state index is 11.1. The zero-order chi connectivity index (χ0) is 22.5. The number of nitrogens with two attached hydrogens (primary N) is 1. The fourth-order valence-corrected chi connectivity index (χ4v) is 2.42. The van der Waals surface area contributed by atoms with Crippen LogP contribution in [0.1, 0.15) is 34.2 Å². The number of aromatic amines is 1. The average Bonchev–Trinajstić information content (AvgIpc) is 3.19. The molecule has 3 aromatic rings. The molecule has 7 nitrogen and oxygen atoms in total. The van der Waals surface area contributed by atoms with Gasteiger partial charge >= 0.3 is 0 Å². The van der Waals surface area contributed by atoms with Gasteiger partial charge in [0.05, 0.1) is 40.5 Å². The van der Waals surface area contributed by atoms with Gasteiger partial charge in [-0.25, -0.2) is 4.98 Å². The molecule has 0 unspecified atom stereocenters. The number of primary amides is 1. The first-order valence-electron chi connectivity index (χ1n) is 8.68. The van der Waals surface area contributed by atoms with Crippen LogP contribution in [0, 0.1) is 29.6 Å². The molecule has 0 aliphatic rings. The molecule has 0 spiro atoms. The van der Waals surface area contributed by atoms with E-state index >= 15 is 0 Å². The van der Waals surface area contributed by atoms with Crippen LogP contribution in [0.15, 0.2) is 54.7 Å². The minimum Gasteiger partial charge on any atom is -0.370 e. The lowest BCUT2D eigenvalue weighted by Crippen LogP contribution is -2.01. The Balaban J connectivity index is 0.000000258. The summed E-state index contributed by atoms with van der Waals surface area (Å²) < 4.78 is 0. The molecule has 2 aromatic carbocycles. The molecule has 1 aromatic heterocycles. The summed E-state index contributed by atoms with van der Waals surface area (Å²) in [4.78, 5) is 27.6. The number of aryl methyl sites for hydroxylation is 1. The van der Waals surface area contributed by atoms with Gasteiger partial charge in [0.1, 0.15) is 5.82 Å². The summed E-state index contributed by atoms with van der Waals surface area (Å²) >= 11 is 3.07. The predicted octanol–water partition coefficient (Wildman–Crippen LogP) is 3.88. The SMILES string of the molecule is CC(N)=O.Cc1ncc(-c2ccc(C#N)cc2)[nH]1.N#Cc1ccc(C(=O)CBr)cc1. The summed E-state index contributed by atoms with van der Waals surface area (Å²) in [6, 6.07) is 18.1. The Labute approximate surface area is 183 Å². The number of benzene rings is 2. The van der Waals surface area contributed by atoms with E-state index in [1.165, 1.54) is 6.92 Å². The number of rotatable bonds is 3. The molecule has 8 heteroatoms. The van der Waals surface area contributed by atoms with Gasteiger partial charge in [0.15, 0.2) is 5.78 Å². The highest BCUT2D eigenvalue weighted by molar-refractivity contribution is 9.09. The Bertz CT molecular complexity index is 1050. The van der Waals surface area contributed by atoms with Crippen LogP contribution in [-0.2, 0) is 4.79 Å². The van der Waals surface area contributed by atoms with Crippen LogP contribution in [0.4, 0.5) is 0 Å². The number of nitriles is 2. The highest BCUT2D eigenvalue weighted by Gasteiger charge is 2.02. The van der Waals surface area contributed by atoms with E-state index in [9.17, 15) is 9.59 Å². The van der Waals surface area contributed by atoms with E-state index in [1.807, 2.05) is 25.1 Å². The quantitative estimate of drug-likeness (QED) is 0.446. The second-order valence-corrected chi connectivity index (χ2v) is 6.49. The molecule has 0 radical (unpaired) electrons. The molecule has 0 saturated carbocycles. The number of Topliss-reactive ketones (excluding diaryl/α,β-unsaturated/α-hetero) is 1. The van der Waals surface area contributed by atoms with Crippen molar-refractivity contribution in [3.63, 3.8) is 0 Å². The number of carbonyl (C=O) groups excluding carboxylic acids is 2. The third-order valence-electron chi connectivity index (χ3n) is 3.49. The Morgan fingerprint density at radius 3 is 1.87 bits per heavy atom. The molecule has 0 saturated heterocycles. The Morgan fingerprint density at radius 2 is 1.50 bits per heavy atom. The first-order valence-corrected chi connectivity index (χ1v) is 9.80. The molecule has 152 valence electrons. The van der Waals surface area contributed by atoms with E-state index in [0.29, 0.717) is 22.0 Å². The zero-order valence-corrected chi connectivity index (χ0v) is 18.1. The monoisotopic (exact) mass is 465 g/mol. The van der Waals surface area contributed by atoms with Crippen molar-refractivity contribution in [2.45, 2.75) is 13.8 Å². The number of nitrogens with zero attached hydrogens (tertiary/aromatic N) is 3. The number of ketones is 1. The average molecular weight is 466 g/mol. The molecule has 1 amide bonds. The molecule has 3 rings (SSSR count). The number of imidazole rings is 1. The van der Waals surface area contributed by atoms with E-state index in [4.69, 9.17) is 10.5 Å². The van der Waals surface area contributed by atoms with E-state index in [1.54, 1.807) is 42.6 Å². The third kappa shape index (κ3) is 8.51. The van der Waals surface area contributed by atoms with Gasteiger partial charge in [-0.1, -0.05) is 40.2 Å². The minimum absolute atomic E-state index is 0.0273. The lowest BCUT2D eigenvalue weighted by Gasteiger charge is -1.96. The number of alkyl halides is 1. The van der Waals surface area contributed by atoms with Gasteiger partial charge < -0.3 is 10.7 Å². The molecule has 0 fully saturated rings. The van der Waals surface area contributed by atoms with Crippen LogP contribution in [-0.4, -0.2) is 27.0 Å². The van der Waals surface area contributed by atoms with Gasteiger partial charge in [0, 0.05) is 12.5 Å². The van der Waals surface area contributed by atoms with Gasteiger partial charge in [-0.3, -0.25) is 9.59 Å². The van der Waals surface area contributed by atoms with E-state index in [-0.39, 0.29) is 11.7 Å². The first kappa shape index (κ1) is 24.3. The van der Waals surface area contributed by atoms with Crippen molar-refractivity contribution < 1.29 is 9.59 Å². The summed E-state index contributed by atoms with van der Waals surface area (Å²) in [5.41, 5.74) is 8.37. The first-order chi connectivity index (χ1) is 14.3. The fourth-order valence-electron chi connectivity index (χ4n) is 2.10. The van der Waals surface area contributed by atoms with Crippen molar-refractivity contribution in [3.8, 4) is 23.4 Å². The highest BCUT2D eigenvalue weighted by atomic mass is 79.9. The molecule has 3 N–H and O–H groups in total. The van der Waals surface area contributed by atoms with E-state index < -0.39 is 0 Å². The molecular formula is C22H20BrN5O2. The number of halogens is 1. The number of hydrogen-bond acceptors (Lipinski definition) is 5. The minimum atomic E-state index is -0.333. The van der Waals surface area contributed by atoms with Crippen molar-refractivity contribution in [1.29, 1.82) is 10.5 Å². The standard InChI is InChI=1S/C11H9N3.C9H6BrNO.C2H5NO/c1-8-13-7-11(14-8)10-4-2-9(6-12)3-5-10;10-5-9(12)8-3-1-7(6-11)2-4-8;1-2(3)4/h2-5,7H,1H3,(H,13,14);1-4H,5H2;1H3,(H2,3,4). The summed E-state index contributed by atoms with van der Waals surface area (Å²) in [6.07, 6.45) is 1.79. The molecule has 1 heterocycles. The molecule has 0 bridgehead atoms. The Morgan fingerprint density at radius 1 is 1.03 bits per heavy atom. The largest absolute Gasteiger partial charge is 0.370 e. The maximum Gasteiger partial charge on any atom is 0.214 e.